The third-order valence-electron chi connectivity index (χ3n) is 4.18. The molecular weight excluding hydrogens is 291 g/mol. The Balaban J connectivity index is 1.81. The highest BCUT2D eigenvalue weighted by Crippen LogP contribution is 2.46. The van der Waals surface area contributed by atoms with Gasteiger partial charge in [0.25, 0.3) is 0 Å². The lowest BCUT2D eigenvalue weighted by Gasteiger charge is -2.24. The average molecular weight is 310 g/mol. The first kappa shape index (κ1) is 14.7. The largest absolute Gasteiger partial charge is 0.321 e. The molecule has 1 N–H and O–H groups in total. The van der Waals surface area contributed by atoms with Gasteiger partial charge in [-0.3, -0.25) is 14.3 Å². The Labute approximate surface area is 126 Å². The Morgan fingerprint density at radius 2 is 2.14 bits per heavy atom. The highest BCUT2D eigenvalue weighted by Gasteiger charge is 2.59. The molecule has 1 heterocycles. The monoisotopic (exact) mass is 310 g/mol. The van der Waals surface area contributed by atoms with Crippen molar-refractivity contribution in [3.05, 3.63) is 35.6 Å². The first-order valence-electron chi connectivity index (χ1n) is 7.17. The maximum absolute atomic E-state index is 14.0. The summed E-state index contributed by atoms with van der Waals surface area (Å²) >= 11 is 0. The maximum Gasteiger partial charge on any atom is 0.244 e. The number of hydrogen-bond acceptors (Lipinski definition) is 3. The summed E-state index contributed by atoms with van der Waals surface area (Å²) in [5.41, 5.74) is 0.0328. The number of nitrogens with zero attached hydrogens (tertiary/aromatic N) is 1. The highest BCUT2D eigenvalue weighted by molar-refractivity contribution is 7.84. The first-order valence-corrected chi connectivity index (χ1v) is 8.89. The van der Waals surface area contributed by atoms with Gasteiger partial charge in [0, 0.05) is 34.9 Å². The van der Waals surface area contributed by atoms with Crippen LogP contribution in [-0.4, -0.2) is 39.1 Å². The van der Waals surface area contributed by atoms with Gasteiger partial charge in [0.05, 0.1) is 0 Å². The molecule has 0 aromatic heterocycles. The van der Waals surface area contributed by atoms with Crippen LogP contribution in [-0.2, 0) is 15.6 Å². The molecule has 1 amide bonds. The Hall–Kier alpha value is -1.27. The normalized spacial score (nSPS) is 24.6. The molecule has 1 spiro atoms. The van der Waals surface area contributed by atoms with E-state index in [1.165, 1.54) is 6.07 Å². The number of carbonyl (C=O) groups is 1. The van der Waals surface area contributed by atoms with Crippen LogP contribution in [0.15, 0.2) is 24.3 Å². The molecule has 21 heavy (non-hydrogen) atoms. The van der Waals surface area contributed by atoms with Gasteiger partial charge in [-0.1, -0.05) is 18.2 Å². The fourth-order valence-corrected chi connectivity index (χ4v) is 3.42. The van der Waals surface area contributed by atoms with Crippen molar-refractivity contribution in [1.82, 2.24) is 10.2 Å². The second-order valence-corrected chi connectivity index (χ2v) is 7.33. The third kappa shape index (κ3) is 2.74. The summed E-state index contributed by atoms with van der Waals surface area (Å²) in [6.45, 7) is 0.506. The van der Waals surface area contributed by atoms with Crippen molar-refractivity contribution in [3.8, 4) is 0 Å². The zero-order valence-electron chi connectivity index (χ0n) is 12.0. The molecule has 1 aromatic rings. The van der Waals surface area contributed by atoms with E-state index in [2.05, 4.69) is 5.32 Å². The van der Waals surface area contributed by atoms with Gasteiger partial charge in [0.15, 0.2) is 0 Å². The summed E-state index contributed by atoms with van der Waals surface area (Å²) in [7, 11) is -0.873. The molecule has 0 radical (unpaired) electrons. The van der Waals surface area contributed by atoms with Crippen LogP contribution in [0.1, 0.15) is 31.0 Å². The van der Waals surface area contributed by atoms with Crippen LogP contribution in [0.2, 0.25) is 0 Å². The highest BCUT2D eigenvalue weighted by atomic mass is 32.2. The molecule has 2 aliphatic rings. The van der Waals surface area contributed by atoms with Crippen molar-refractivity contribution in [1.29, 1.82) is 0 Å². The van der Waals surface area contributed by atoms with E-state index in [9.17, 15) is 13.4 Å². The van der Waals surface area contributed by atoms with E-state index in [0.29, 0.717) is 24.3 Å². The fourth-order valence-electron chi connectivity index (χ4n) is 2.89. The molecule has 3 rings (SSSR count). The van der Waals surface area contributed by atoms with E-state index in [4.69, 9.17) is 0 Å². The maximum atomic E-state index is 14.0. The topological polar surface area (TPSA) is 49.4 Å². The second kappa shape index (κ2) is 5.50. The van der Waals surface area contributed by atoms with Gasteiger partial charge in [-0.25, -0.2) is 4.39 Å². The molecule has 6 heteroatoms. The molecule has 2 unspecified atom stereocenters. The lowest BCUT2D eigenvalue weighted by molar-refractivity contribution is -0.130. The number of amides is 1. The third-order valence-corrected chi connectivity index (χ3v) is 5.04. The Morgan fingerprint density at radius 1 is 1.43 bits per heavy atom. The number of hydrogen-bond donors (Lipinski definition) is 1. The number of carbonyl (C=O) groups excluding carboxylic acids is 1. The molecule has 0 bridgehead atoms. The van der Waals surface area contributed by atoms with Gasteiger partial charge in [-0.2, -0.15) is 0 Å². The van der Waals surface area contributed by atoms with Gasteiger partial charge in [-0.05, 0) is 25.3 Å². The van der Waals surface area contributed by atoms with E-state index >= 15 is 0 Å². The van der Waals surface area contributed by atoms with E-state index in [1.54, 1.807) is 29.4 Å². The molecule has 1 saturated carbocycles. The van der Waals surface area contributed by atoms with Gasteiger partial charge in [0.2, 0.25) is 5.91 Å². The zero-order chi connectivity index (χ0) is 15.0. The number of rotatable bonds is 5. The van der Waals surface area contributed by atoms with Crippen molar-refractivity contribution in [2.24, 2.45) is 0 Å². The van der Waals surface area contributed by atoms with E-state index < -0.39 is 22.5 Å². The Morgan fingerprint density at radius 3 is 2.76 bits per heavy atom. The molecule has 1 aromatic carbocycles. The fraction of sp³-hybridized carbons (Fsp3) is 0.533. The van der Waals surface area contributed by atoms with Crippen molar-refractivity contribution < 1.29 is 13.4 Å². The van der Waals surface area contributed by atoms with E-state index in [-0.39, 0.29) is 11.7 Å². The van der Waals surface area contributed by atoms with Crippen LogP contribution >= 0.6 is 0 Å². The quantitative estimate of drug-likeness (QED) is 0.898. The van der Waals surface area contributed by atoms with Crippen LogP contribution in [0.25, 0.3) is 0 Å². The van der Waals surface area contributed by atoms with E-state index in [1.807, 2.05) is 0 Å². The molecule has 1 aliphatic carbocycles. The molecular formula is C15H19FN2O2S. The molecule has 4 nitrogen and oxygen atoms in total. The van der Waals surface area contributed by atoms with Crippen LogP contribution in [0, 0.1) is 5.82 Å². The second-order valence-electron chi connectivity index (χ2n) is 5.78. The van der Waals surface area contributed by atoms with Crippen molar-refractivity contribution in [2.75, 3.05) is 18.6 Å². The summed E-state index contributed by atoms with van der Waals surface area (Å²) in [6, 6.07) is 6.56. The standard InChI is InChI=1S/C15H19FN2O2S/c1-21(20)10-4-9-18-13(11-5-2-3-6-12(11)16)17-15(7-8-15)14(18)19/h2-3,5-6,13,17H,4,7-10H2,1H3. The Bertz CT molecular complexity index is 589. The van der Waals surface area contributed by atoms with Gasteiger partial charge >= 0.3 is 0 Å². The molecule has 1 aliphatic heterocycles. The van der Waals surface area contributed by atoms with Crippen LogP contribution in [0.4, 0.5) is 4.39 Å². The van der Waals surface area contributed by atoms with Crippen molar-refractivity contribution in [2.45, 2.75) is 31.0 Å². The number of halogens is 1. The molecule has 2 fully saturated rings. The van der Waals surface area contributed by atoms with Gasteiger partial charge in [0.1, 0.15) is 17.5 Å². The smallest absolute Gasteiger partial charge is 0.244 e. The van der Waals surface area contributed by atoms with Gasteiger partial charge < -0.3 is 4.90 Å². The first-order chi connectivity index (χ1) is 10.0. The Kier molecular flexibility index (Phi) is 3.84. The number of nitrogens with one attached hydrogen (secondary N) is 1. The minimum Gasteiger partial charge on any atom is -0.321 e. The summed E-state index contributed by atoms with van der Waals surface area (Å²) < 4.78 is 25.2. The van der Waals surface area contributed by atoms with Crippen LogP contribution in [0.5, 0.6) is 0 Å². The minimum absolute atomic E-state index is 0.0534. The summed E-state index contributed by atoms with van der Waals surface area (Å²) in [4.78, 5) is 14.2. The van der Waals surface area contributed by atoms with Crippen molar-refractivity contribution >= 4 is 16.7 Å². The minimum atomic E-state index is -0.873. The number of benzene rings is 1. The zero-order valence-corrected chi connectivity index (χ0v) is 12.8. The lowest BCUT2D eigenvalue weighted by Crippen LogP contribution is -2.33. The van der Waals surface area contributed by atoms with Crippen LogP contribution < -0.4 is 5.32 Å². The predicted octanol–water partition coefficient (Wildman–Crippen LogP) is 1.56. The molecule has 114 valence electrons. The lowest BCUT2D eigenvalue weighted by atomic mass is 10.1. The summed E-state index contributed by atoms with van der Waals surface area (Å²) in [5, 5.41) is 3.30. The summed E-state index contributed by atoms with van der Waals surface area (Å²) in [5.74, 6) is 0.308. The predicted molar refractivity (Wildman–Crippen MR) is 79.5 cm³/mol. The average Bonchev–Trinajstić information content (AvgIpc) is 3.17. The van der Waals surface area contributed by atoms with Gasteiger partial charge in [-0.15, -0.1) is 0 Å². The van der Waals surface area contributed by atoms with Crippen molar-refractivity contribution in [3.63, 3.8) is 0 Å². The van der Waals surface area contributed by atoms with E-state index in [0.717, 1.165) is 12.8 Å². The van der Waals surface area contributed by atoms with Crippen LogP contribution in [0.3, 0.4) is 0 Å². The summed E-state index contributed by atoms with van der Waals surface area (Å²) in [6.07, 6.45) is 3.53. The molecule has 1 saturated heterocycles. The SMILES string of the molecule is CS(=O)CCCN1C(=O)C2(CC2)NC1c1ccccc1F. The molecule has 2 atom stereocenters.